The average Bonchev–Trinajstić information content (AvgIpc) is 2.25. The van der Waals surface area contributed by atoms with Gasteiger partial charge in [-0.1, -0.05) is 0 Å². The molecule has 0 aliphatic carbocycles. The Morgan fingerprint density at radius 1 is 1.14 bits per heavy atom. The van der Waals surface area contributed by atoms with Crippen LogP contribution in [0.1, 0.15) is 43.6 Å². The van der Waals surface area contributed by atoms with Gasteiger partial charge in [-0.25, -0.2) is 4.79 Å². The zero-order valence-electron chi connectivity index (χ0n) is 12.2. The van der Waals surface area contributed by atoms with E-state index in [1.54, 1.807) is 13.8 Å². The van der Waals surface area contributed by atoms with Crippen molar-refractivity contribution in [1.29, 1.82) is 0 Å². The summed E-state index contributed by atoms with van der Waals surface area (Å²) in [6.45, 7) is 6.28. The van der Waals surface area contributed by atoms with Gasteiger partial charge in [0, 0.05) is 5.69 Å². The smallest absolute Gasteiger partial charge is 0.416 e. The molecule has 1 rings (SSSR count). The molecule has 0 bridgehead atoms. The zero-order valence-corrected chi connectivity index (χ0v) is 12.2. The molecular formula is C14H18F3NO3. The van der Waals surface area contributed by atoms with Crippen LogP contribution in [0.4, 0.5) is 18.9 Å². The molecule has 0 heterocycles. The minimum absolute atomic E-state index is 0.0163. The van der Waals surface area contributed by atoms with Gasteiger partial charge in [-0.05, 0) is 45.9 Å². The molecule has 21 heavy (non-hydrogen) atoms. The van der Waals surface area contributed by atoms with Crippen molar-refractivity contribution in [3.05, 3.63) is 29.3 Å². The van der Waals surface area contributed by atoms with Crippen molar-refractivity contribution in [2.75, 3.05) is 5.32 Å². The maximum Gasteiger partial charge on any atom is 0.416 e. The summed E-state index contributed by atoms with van der Waals surface area (Å²) in [7, 11) is 0. The Hall–Kier alpha value is -1.76. The Morgan fingerprint density at radius 2 is 1.67 bits per heavy atom. The summed E-state index contributed by atoms with van der Waals surface area (Å²) < 4.78 is 37.9. The van der Waals surface area contributed by atoms with E-state index in [9.17, 15) is 23.1 Å². The van der Waals surface area contributed by atoms with E-state index in [0.29, 0.717) is 6.07 Å². The van der Waals surface area contributed by atoms with Crippen molar-refractivity contribution in [3.63, 3.8) is 0 Å². The Balaban J connectivity index is 3.29. The van der Waals surface area contributed by atoms with Gasteiger partial charge >= 0.3 is 12.1 Å². The molecule has 0 atom stereocenters. The SMILES string of the molecule is CC(C)(O)C(C)(C)Nc1ccc(C(F)(F)F)cc1C(=O)O. The molecule has 0 radical (unpaired) electrons. The molecule has 3 N–H and O–H groups in total. The lowest BCUT2D eigenvalue weighted by molar-refractivity contribution is -0.137. The molecule has 0 fully saturated rings. The largest absolute Gasteiger partial charge is 0.478 e. The van der Waals surface area contributed by atoms with Crippen molar-refractivity contribution in [3.8, 4) is 0 Å². The zero-order chi connectivity index (χ0) is 16.6. The molecule has 1 aromatic rings. The first kappa shape index (κ1) is 17.3. The first-order valence-corrected chi connectivity index (χ1v) is 6.21. The van der Waals surface area contributed by atoms with Gasteiger partial charge in [0.15, 0.2) is 0 Å². The van der Waals surface area contributed by atoms with Crippen molar-refractivity contribution in [2.24, 2.45) is 0 Å². The van der Waals surface area contributed by atoms with Crippen LogP contribution in [0, 0.1) is 0 Å². The summed E-state index contributed by atoms with van der Waals surface area (Å²) in [5.41, 5.74) is -3.68. The highest BCUT2D eigenvalue weighted by Crippen LogP contribution is 2.34. The van der Waals surface area contributed by atoms with Crippen LogP contribution in [-0.4, -0.2) is 27.3 Å². The predicted molar refractivity (Wildman–Crippen MR) is 72.4 cm³/mol. The van der Waals surface area contributed by atoms with Crippen molar-refractivity contribution >= 4 is 11.7 Å². The van der Waals surface area contributed by atoms with Crippen LogP contribution < -0.4 is 5.32 Å². The maximum atomic E-state index is 12.6. The number of nitrogens with one attached hydrogen (secondary N) is 1. The Bertz CT molecular complexity index is 545. The second kappa shape index (κ2) is 5.22. The first-order chi connectivity index (χ1) is 9.25. The number of carboxylic acid groups (broad SMARTS) is 1. The quantitative estimate of drug-likeness (QED) is 0.798. The lowest BCUT2D eigenvalue weighted by Crippen LogP contribution is -2.51. The van der Waals surface area contributed by atoms with Crippen LogP contribution in [-0.2, 0) is 6.18 Å². The molecule has 0 unspecified atom stereocenters. The lowest BCUT2D eigenvalue weighted by Gasteiger charge is -2.39. The summed E-state index contributed by atoms with van der Waals surface area (Å²) in [4.78, 5) is 11.2. The second-order valence-electron chi connectivity index (χ2n) is 5.87. The molecule has 0 saturated heterocycles. The van der Waals surface area contributed by atoms with E-state index >= 15 is 0 Å². The molecule has 1 aromatic carbocycles. The lowest BCUT2D eigenvalue weighted by atomic mass is 9.85. The van der Waals surface area contributed by atoms with E-state index in [1.807, 2.05) is 0 Å². The number of halogens is 3. The summed E-state index contributed by atoms with van der Waals surface area (Å²) in [6.07, 6.45) is -4.62. The van der Waals surface area contributed by atoms with Crippen LogP contribution in [0.25, 0.3) is 0 Å². The van der Waals surface area contributed by atoms with Crippen LogP contribution in [0.2, 0.25) is 0 Å². The predicted octanol–water partition coefficient (Wildman–Crippen LogP) is 3.37. The van der Waals surface area contributed by atoms with Crippen LogP contribution in [0.5, 0.6) is 0 Å². The number of aromatic carboxylic acids is 1. The van der Waals surface area contributed by atoms with Gasteiger partial charge in [-0.3, -0.25) is 0 Å². The van der Waals surface area contributed by atoms with Gasteiger partial charge < -0.3 is 15.5 Å². The number of hydrogen-bond donors (Lipinski definition) is 3. The normalized spacial score (nSPS) is 13.1. The number of benzene rings is 1. The van der Waals surface area contributed by atoms with Gasteiger partial charge in [0.05, 0.1) is 22.3 Å². The molecule has 0 spiro atoms. The molecule has 4 nitrogen and oxygen atoms in total. The summed E-state index contributed by atoms with van der Waals surface area (Å²) in [5, 5.41) is 21.9. The van der Waals surface area contributed by atoms with E-state index in [2.05, 4.69) is 5.32 Å². The molecule has 0 saturated carbocycles. The van der Waals surface area contributed by atoms with Crippen LogP contribution >= 0.6 is 0 Å². The number of aliphatic hydroxyl groups is 1. The molecule has 0 aliphatic heterocycles. The summed E-state index contributed by atoms with van der Waals surface area (Å²) in [6, 6.07) is 2.43. The van der Waals surface area contributed by atoms with Gasteiger partial charge in [-0.15, -0.1) is 0 Å². The highest BCUT2D eigenvalue weighted by molar-refractivity contribution is 5.94. The molecule has 0 aliphatic rings. The number of carbonyl (C=O) groups is 1. The van der Waals surface area contributed by atoms with Gasteiger partial charge in [0.2, 0.25) is 0 Å². The number of anilines is 1. The fourth-order valence-corrected chi connectivity index (χ4v) is 1.50. The molecule has 7 heteroatoms. The van der Waals surface area contributed by atoms with Gasteiger partial charge in [-0.2, -0.15) is 13.2 Å². The Morgan fingerprint density at radius 3 is 2.05 bits per heavy atom. The minimum Gasteiger partial charge on any atom is -0.478 e. The fraction of sp³-hybridized carbons (Fsp3) is 0.500. The highest BCUT2D eigenvalue weighted by atomic mass is 19.4. The number of hydrogen-bond acceptors (Lipinski definition) is 3. The summed E-state index contributed by atoms with van der Waals surface area (Å²) >= 11 is 0. The van der Waals surface area contributed by atoms with Gasteiger partial charge in [0.25, 0.3) is 0 Å². The Kier molecular flexibility index (Phi) is 4.29. The maximum absolute atomic E-state index is 12.6. The molecule has 0 aromatic heterocycles. The van der Waals surface area contributed by atoms with E-state index in [-0.39, 0.29) is 5.69 Å². The summed E-state index contributed by atoms with van der Waals surface area (Å²) in [5.74, 6) is -1.48. The highest BCUT2D eigenvalue weighted by Gasteiger charge is 2.37. The fourth-order valence-electron chi connectivity index (χ4n) is 1.50. The third kappa shape index (κ3) is 3.87. The van der Waals surface area contributed by atoms with Crippen molar-refractivity contribution in [2.45, 2.75) is 45.0 Å². The van der Waals surface area contributed by atoms with E-state index in [0.717, 1.165) is 12.1 Å². The molecular weight excluding hydrogens is 287 g/mol. The third-order valence-corrected chi connectivity index (χ3v) is 3.55. The standard InChI is InChI=1S/C14H18F3NO3/c1-12(2,13(3,4)21)18-10-6-5-8(14(15,16)17)7-9(10)11(19)20/h5-7,18,21H,1-4H3,(H,19,20). The number of carboxylic acids is 1. The van der Waals surface area contributed by atoms with Crippen molar-refractivity contribution in [1.82, 2.24) is 0 Å². The topological polar surface area (TPSA) is 69.6 Å². The first-order valence-electron chi connectivity index (χ1n) is 6.21. The minimum atomic E-state index is -4.62. The number of alkyl halides is 3. The van der Waals surface area contributed by atoms with Crippen LogP contribution in [0.15, 0.2) is 18.2 Å². The monoisotopic (exact) mass is 305 g/mol. The van der Waals surface area contributed by atoms with E-state index in [1.165, 1.54) is 13.8 Å². The average molecular weight is 305 g/mol. The van der Waals surface area contributed by atoms with E-state index < -0.39 is 34.4 Å². The second-order valence-corrected chi connectivity index (χ2v) is 5.87. The van der Waals surface area contributed by atoms with Crippen LogP contribution in [0.3, 0.4) is 0 Å². The third-order valence-electron chi connectivity index (χ3n) is 3.55. The van der Waals surface area contributed by atoms with Crippen molar-refractivity contribution < 1.29 is 28.2 Å². The Labute approximate surface area is 120 Å². The van der Waals surface area contributed by atoms with E-state index in [4.69, 9.17) is 5.11 Å². The number of rotatable bonds is 4. The molecule has 118 valence electrons. The molecule has 0 amide bonds. The van der Waals surface area contributed by atoms with Gasteiger partial charge in [0.1, 0.15) is 0 Å².